The molecule has 2 unspecified atom stereocenters. The fourth-order valence-corrected chi connectivity index (χ4v) is 4.57. The number of rotatable bonds is 12. The standard InChI is InChI=1S/C26H30N2O6S/c1-19(20-8-10-22(11-9-20)21-6-4-3-5-7-21)34-18-23(26(29)28-30)16-17-27-35(31,32)25-14-12-24(33-2)13-15-25/h3-15,19,23,27,30H,16-18H2,1-2H3,(H,28,29). The molecule has 35 heavy (non-hydrogen) atoms. The second-order valence-corrected chi connectivity index (χ2v) is 9.77. The SMILES string of the molecule is COc1ccc(S(=O)(=O)NCCC(COC(C)c2ccc(-c3ccccc3)cc2)C(=O)NO)cc1. The van der Waals surface area contributed by atoms with Gasteiger partial charge in [-0.25, -0.2) is 18.6 Å². The van der Waals surface area contributed by atoms with Crippen molar-refractivity contribution in [2.45, 2.75) is 24.3 Å². The van der Waals surface area contributed by atoms with Gasteiger partial charge >= 0.3 is 0 Å². The van der Waals surface area contributed by atoms with E-state index < -0.39 is 21.8 Å². The van der Waals surface area contributed by atoms with Crippen LogP contribution in [0.1, 0.15) is 25.0 Å². The van der Waals surface area contributed by atoms with E-state index in [9.17, 15) is 13.2 Å². The Morgan fingerprint density at radius 3 is 2.17 bits per heavy atom. The summed E-state index contributed by atoms with van der Waals surface area (Å²) >= 11 is 0. The van der Waals surface area contributed by atoms with Crippen molar-refractivity contribution in [3.05, 3.63) is 84.4 Å². The number of benzene rings is 3. The Balaban J connectivity index is 1.55. The van der Waals surface area contributed by atoms with Gasteiger partial charge in [-0.15, -0.1) is 0 Å². The molecule has 0 spiro atoms. The number of hydrogen-bond acceptors (Lipinski definition) is 6. The molecule has 3 N–H and O–H groups in total. The van der Waals surface area contributed by atoms with Gasteiger partial charge < -0.3 is 9.47 Å². The van der Waals surface area contributed by atoms with Crippen molar-refractivity contribution in [2.75, 3.05) is 20.3 Å². The Labute approximate surface area is 205 Å². The molecule has 0 aliphatic carbocycles. The number of methoxy groups -OCH3 is 1. The summed E-state index contributed by atoms with van der Waals surface area (Å²) in [4.78, 5) is 12.2. The lowest BCUT2D eigenvalue weighted by Crippen LogP contribution is -2.35. The predicted octanol–water partition coefficient (Wildman–Crippen LogP) is 3.93. The van der Waals surface area contributed by atoms with E-state index in [1.165, 1.54) is 19.2 Å². The molecule has 1 amide bonds. The highest BCUT2D eigenvalue weighted by molar-refractivity contribution is 7.89. The molecule has 186 valence electrons. The maximum Gasteiger partial charge on any atom is 0.248 e. The van der Waals surface area contributed by atoms with Crippen LogP contribution in [0.25, 0.3) is 11.1 Å². The van der Waals surface area contributed by atoms with Crippen molar-refractivity contribution in [3.63, 3.8) is 0 Å². The van der Waals surface area contributed by atoms with E-state index in [0.29, 0.717) is 5.75 Å². The minimum absolute atomic E-state index is 0.00401. The molecule has 0 radical (unpaired) electrons. The van der Waals surface area contributed by atoms with Crippen LogP contribution in [-0.4, -0.2) is 39.8 Å². The summed E-state index contributed by atoms with van der Waals surface area (Å²) in [6.07, 6.45) is -0.161. The van der Waals surface area contributed by atoms with E-state index >= 15 is 0 Å². The molecular weight excluding hydrogens is 468 g/mol. The van der Waals surface area contributed by atoms with Gasteiger partial charge in [0.2, 0.25) is 15.9 Å². The van der Waals surface area contributed by atoms with Gasteiger partial charge in [0.15, 0.2) is 0 Å². The van der Waals surface area contributed by atoms with Crippen LogP contribution < -0.4 is 14.9 Å². The average molecular weight is 499 g/mol. The zero-order valence-electron chi connectivity index (χ0n) is 19.7. The van der Waals surface area contributed by atoms with Crippen LogP contribution in [0.15, 0.2) is 83.8 Å². The zero-order chi connectivity index (χ0) is 25.3. The second-order valence-electron chi connectivity index (χ2n) is 8.00. The Bertz CT molecular complexity index is 1180. The Kier molecular flexibility index (Phi) is 9.39. The molecule has 0 saturated heterocycles. The van der Waals surface area contributed by atoms with Crippen LogP contribution in [0.2, 0.25) is 0 Å². The lowest BCUT2D eigenvalue weighted by molar-refractivity contribution is -0.136. The molecular formula is C26H30N2O6S. The summed E-state index contributed by atoms with van der Waals surface area (Å²) in [7, 11) is -2.26. The van der Waals surface area contributed by atoms with Crippen LogP contribution in [0.4, 0.5) is 0 Å². The molecule has 0 saturated carbocycles. The van der Waals surface area contributed by atoms with Gasteiger partial charge in [0.25, 0.3) is 0 Å². The summed E-state index contributed by atoms with van der Waals surface area (Å²) in [6.45, 7) is 1.88. The van der Waals surface area contributed by atoms with Crippen LogP contribution in [0.3, 0.4) is 0 Å². The molecule has 0 bridgehead atoms. The maximum absolute atomic E-state index is 12.5. The van der Waals surface area contributed by atoms with Crippen LogP contribution >= 0.6 is 0 Å². The van der Waals surface area contributed by atoms with Gasteiger partial charge in [-0.2, -0.15) is 0 Å². The third-order valence-corrected chi connectivity index (χ3v) is 7.15. The van der Waals surface area contributed by atoms with Crippen molar-refractivity contribution in [1.29, 1.82) is 0 Å². The Hall–Kier alpha value is -3.24. The van der Waals surface area contributed by atoms with Crippen molar-refractivity contribution in [1.82, 2.24) is 10.2 Å². The Morgan fingerprint density at radius 2 is 1.57 bits per heavy atom. The van der Waals surface area contributed by atoms with E-state index in [1.54, 1.807) is 17.6 Å². The first kappa shape index (κ1) is 26.4. The van der Waals surface area contributed by atoms with E-state index in [1.807, 2.05) is 61.5 Å². The molecule has 0 aliphatic rings. The third kappa shape index (κ3) is 7.37. The molecule has 0 aromatic heterocycles. The van der Waals surface area contributed by atoms with E-state index in [2.05, 4.69) is 4.72 Å². The number of hydroxylamine groups is 1. The number of carbonyl (C=O) groups is 1. The van der Waals surface area contributed by atoms with Crippen molar-refractivity contribution < 1.29 is 27.9 Å². The van der Waals surface area contributed by atoms with Crippen LogP contribution in [-0.2, 0) is 19.6 Å². The first-order chi connectivity index (χ1) is 16.8. The smallest absolute Gasteiger partial charge is 0.248 e. The van der Waals surface area contributed by atoms with Gasteiger partial charge in [0.1, 0.15) is 5.75 Å². The lowest BCUT2D eigenvalue weighted by atomic mass is 10.0. The van der Waals surface area contributed by atoms with Crippen LogP contribution in [0.5, 0.6) is 5.75 Å². The number of nitrogens with one attached hydrogen (secondary N) is 2. The number of amides is 1. The summed E-state index contributed by atoms with van der Waals surface area (Å²) in [5, 5.41) is 9.11. The number of ether oxygens (including phenoxy) is 2. The van der Waals surface area contributed by atoms with Crippen molar-refractivity contribution in [3.8, 4) is 16.9 Å². The minimum Gasteiger partial charge on any atom is -0.497 e. The molecule has 0 heterocycles. The number of hydrogen-bond donors (Lipinski definition) is 3. The highest BCUT2D eigenvalue weighted by Gasteiger charge is 2.22. The summed E-state index contributed by atoms with van der Waals surface area (Å²) in [5.41, 5.74) is 4.78. The van der Waals surface area contributed by atoms with E-state index in [4.69, 9.17) is 14.7 Å². The number of sulfonamides is 1. The molecule has 3 aromatic carbocycles. The molecule has 9 heteroatoms. The summed E-state index contributed by atoms with van der Waals surface area (Å²) in [6, 6.07) is 24.0. The summed E-state index contributed by atoms with van der Waals surface area (Å²) in [5.74, 6) is -0.838. The van der Waals surface area contributed by atoms with Crippen molar-refractivity contribution in [2.24, 2.45) is 5.92 Å². The topological polar surface area (TPSA) is 114 Å². The molecule has 0 aliphatic heterocycles. The summed E-state index contributed by atoms with van der Waals surface area (Å²) < 4.78 is 38.4. The predicted molar refractivity (Wildman–Crippen MR) is 132 cm³/mol. The third-order valence-electron chi connectivity index (χ3n) is 5.67. The second kappa shape index (κ2) is 12.5. The van der Waals surface area contributed by atoms with Gasteiger partial charge in [0.05, 0.1) is 30.6 Å². The lowest BCUT2D eigenvalue weighted by Gasteiger charge is -2.19. The quantitative estimate of drug-likeness (QED) is 0.258. The fourth-order valence-electron chi connectivity index (χ4n) is 3.52. The molecule has 0 fully saturated rings. The molecule has 3 rings (SSSR count). The van der Waals surface area contributed by atoms with E-state index in [-0.39, 0.29) is 30.6 Å². The fraction of sp³-hybridized carbons (Fsp3) is 0.269. The first-order valence-corrected chi connectivity index (χ1v) is 12.7. The minimum atomic E-state index is -3.76. The molecule has 8 nitrogen and oxygen atoms in total. The zero-order valence-corrected chi connectivity index (χ0v) is 20.5. The monoisotopic (exact) mass is 498 g/mol. The van der Waals surface area contributed by atoms with E-state index in [0.717, 1.165) is 16.7 Å². The maximum atomic E-state index is 12.5. The van der Waals surface area contributed by atoms with Gasteiger partial charge in [-0.1, -0.05) is 54.6 Å². The normalized spacial score (nSPS) is 13.1. The molecule has 2 atom stereocenters. The number of carbonyl (C=O) groups excluding carboxylic acids is 1. The average Bonchev–Trinajstić information content (AvgIpc) is 2.90. The van der Waals surface area contributed by atoms with Crippen LogP contribution in [0, 0.1) is 5.92 Å². The van der Waals surface area contributed by atoms with Gasteiger partial charge in [-0.05, 0) is 54.3 Å². The van der Waals surface area contributed by atoms with Crippen molar-refractivity contribution >= 4 is 15.9 Å². The largest absolute Gasteiger partial charge is 0.497 e. The molecule has 3 aromatic rings. The van der Waals surface area contributed by atoms with Gasteiger partial charge in [-0.3, -0.25) is 10.0 Å². The highest BCUT2D eigenvalue weighted by atomic mass is 32.2. The first-order valence-electron chi connectivity index (χ1n) is 11.2. The van der Waals surface area contributed by atoms with Gasteiger partial charge in [0, 0.05) is 6.54 Å². The highest BCUT2D eigenvalue weighted by Crippen LogP contribution is 2.24. The Morgan fingerprint density at radius 1 is 0.943 bits per heavy atom.